The zero-order valence-electron chi connectivity index (χ0n) is 18.3. The van der Waals surface area contributed by atoms with Crippen LogP contribution >= 0.6 is 0 Å². The van der Waals surface area contributed by atoms with Gasteiger partial charge < -0.3 is 36.5 Å². The van der Waals surface area contributed by atoms with Crippen molar-refractivity contribution in [2.75, 3.05) is 13.2 Å². The molecule has 0 radical (unpaired) electrons. The minimum Gasteiger partial charge on any atom is -0.480 e. The Kier molecular flexibility index (Phi) is 9.14. The second-order valence-electron chi connectivity index (χ2n) is 8.35. The van der Waals surface area contributed by atoms with Crippen LogP contribution in [0, 0.1) is 5.92 Å². The van der Waals surface area contributed by atoms with E-state index in [0.717, 1.165) is 0 Å². The molecule has 1 fully saturated rings. The summed E-state index contributed by atoms with van der Waals surface area (Å²) in [6, 6.07) is -4.10. The first kappa shape index (κ1) is 25.3. The van der Waals surface area contributed by atoms with Gasteiger partial charge in [0.25, 0.3) is 0 Å². The van der Waals surface area contributed by atoms with Crippen LogP contribution in [-0.4, -0.2) is 86.1 Å². The standard InChI is InChI=1S/C20H32N6O6/c1-11(2)6-14(17(28)25-15(9-27)20(31)32)24-18(29)16-4-3-5-26(16)19(30)13(21)7-12-8-22-10-23-12/h8,10-11,13-16,27H,3-7,9,21H2,1-2H3,(H,22,23)(H,24,29)(H,25,28)(H,31,32). The van der Waals surface area contributed by atoms with E-state index >= 15 is 0 Å². The van der Waals surface area contributed by atoms with E-state index in [0.29, 0.717) is 25.1 Å². The number of aliphatic carboxylic acids is 1. The number of aromatic amines is 1. The first-order valence-electron chi connectivity index (χ1n) is 10.6. The van der Waals surface area contributed by atoms with E-state index in [1.165, 1.54) is 11.2 Å². The van der Waals surface area contributed by atoms with Crippen LogP contribution in [0.5, 0.6) is 0 Å². The first-order valence-corrected chi connectivity index (χ1v) is 10.6. The summed E-state index contributed by atoms with van der Waals surface area (Å²) in [5.74, 6) is -2.93. The van der Waals surface area contributed by atoms with Crippen LogP contribution in [0.1, 0.15) is 38.8 Å². The molecular formula is C20H32N6O6. The minimum absolute atomic E-state index is 0.0209. The average molecular weight is 453 g/mol. The maximum atomic E-state index is 13.0. The van der Waals surface area contributed by atoms with E-state index in [9.17, 15) is 19.2 Å². The van der Waals surface area contributed by atoms with Crippen LogP contribution in [0.2, 0.25) is 0 Å². The van der Waals surface area contributed by atoms with Gasteiger partial charge in [0.2, 0.25) is 17.7 Å². The highest BCUT2D eigenvalue weighted by Crippen LogP contribution is 2.19. The number of H-pyrrole nitrogens is 1. The Labute approximate surface area is 185 Å². The summed E-state index contributed by atoms with van der Waals surface area (Å²) in [5, 5.41) is 23.1. The fourth-order valence-corrected chi connectivity index (χ4v) is 3.67. The van der Waals surface area contributed by atoms with Gasteiger partial charge in [-0.3, -0.25) is 14.4 Å². The van der Waals surface area contributed by atoms with Gasteiger partial charge in [-0.1, -0.05) is 13.8 Å². The molecule has 1 aliphatic rings. The zero-order valence-corrected chi connectivity index (χ0v) is 18.3. The summed E-state index contributed by atoms with van der Waals surface area (Å²) < 4.78 is 0. The summed E-state index contributed by atoms with van der Waals surface area (Å²) in [6.45, 7) is 3.31. The monoisotopic (exact) mass is 452 g/mol. The van der Waals surface area contributed by atoms with Gasteiger partial charge in [-0.05, 0) is 25.2 Å². The summed E-state index contributed by atoms with van der Waals surface area (Å²) >= 11 is 0. The summed E-state index contributed by atoms with van der Waals surface area (Å²) in [6.07, 6.45) is 4.62. The number of likely N-dealkylation sites (tertiary alicyclic amines) is 1. The number of hydrogen-bond donors (Lipinski definition) is 6. The first-order chi connectivity index (χ1) is 15.1. The van der Waals surface area contributed by atoms with Gasteiger partial charge in [0, 0.05) is 24.9 Å². The summed E-state index contributed by atoms with van der Waals surface area (Å²) in [4.78, 5) is 57.7. The molecule has 178 valence electrons. The number of amides is 3. The molecule has 1 aliphatic heterocycles. The Balaban J connectivity index is 2.05. The maximum absolute atomic E-state index is 13.0. The van der Waals surface area contributed by atoms with Crippen molar-refractivity contribution < 1.29 is 29.4 Å². The number of carbonyl (C=O) groups is 4. The molecule has 4 atom stereocenters. The number of rotatable bonds is 11. The van der Waals surface area contributed by atoms with E-state index in [-0.39, 0.29) is 24.7 Å². The Morgan fingerprint density at radius 3 is 2.56 bits per heavy atom. The van der Waals surface area contributed by atoms with Crippen molar-refractivity contribution in [1.82, 2.24) is 25.5 Å². The molecule has 2 heterocycles. The van der Waals surface area contributed by atoms with Gasteiger partial charge in [0.05, 0.1) is 19.0 Å². The van der Waals surface area contributed by atoms with E-state index in [1.807, 2.05) is 13.8 Å². The van der Waals surface area contributed by atoms with Crippen molar-refractivity contribution in [2.24, 2.45) is 11.7 Å². The van der Waals surface area contributed by atoms with E-state index in [2.05, 4.69) is 20.6 Å². The lowest BCUT2D eigenvalue weighted by atomic mass is 10.0. The molecule has 2 rings (SSSR count). The number of aliphatic hydroxyl groups excluding tert-OH is 1. The number of carboxylic acids is 1. The number of nitrogens with zero attached hydrogens (tertiary/aromatic N) is 2. The largest absolute Gasteiger partial charge is 0.480 e. The third kappa shape index (κ3) is 6.76. The van der Waals surface area contributed by atoms with Gasteiger partial charge in [0.1, 0.15) is 18.1 Å². The predicted molar refractivity (Wildman–Crippen MR) is 113 cm³/mol. The SMILES string of the molecule is CC(C)CC(NC(=O)C1CCCN1C(=O)C(N)Cc1cnc[nH]1)C(=O)NC(CO)C(=O)O. The molecule has 0 aliphatic carbocycles. The normalized spacial score (nSPS) is 18.8. The Morgan fingerprint density at radius 1 is 1.28 bits per heavy atom. The minimum atomic E-state index is -1.47. The highest BCUT2D eigenvalue weighted by molar-refractivity contribution is 5.94. The molecule has 12 heteroatoms. The Hall–Kier alpha value is -2.99. The molecule has 0 spiro atoms. The third-order valence-electron chi connectivity index (χ3n) is 5.29. The Bertz CT molecular complexity index is 799. The lowest BCUT2D eigenvalue weighted by Crippen LogP contribution is -2.57. The number of nitrogens with one attached hydrogen (secondary N) is 3. The molecule has 0 saturated carbocycles. The molecule has 7 N–H and O–H groups in total. The summed E-state index contributed by atoms with van der Waals surface area (Å²) in [5.41, 5.74) is 6.76. The lowest BCUT2D eigenvalue weighted by molar-refractivity contribution is -0.144. The van der Waals surface area contributed by atoms with Crippen molar-refractivity contribution in [3.63, 3.8) is 0 Å². The highest BCUT2D eigenvalue weighted by Gasteiger charge is 2.38. The van der Waals surface area contributed by atoms with Crippen molar-refractivity contribution in [3.8, 4) is 0 Å². The Morgan fingerprint density at radius 2 is 2.00 bits per heavy atom. The van der Waals surface area contributed by atoms with Crippen molar-refractivity contribution in [1.29, 1.82) is 0 Å². The number of imidazole rings is 1. The zero-order chi connectivity index (χ0) is 23.8. The lowest BCUT2D eigenvalue weighted by Gasteiger charge is -2.29. The van der Waals surface area contributed by atoms with Gasteiger partial charge in [-0.2, -0.15) is 0 Å². The molecule has 32 heavy (non-hydrogen) atoms. The highest BCUT2D eigenvalue weighted by atomic mass is 16.4. The molecule has 4 unspecified atom stereocenters. The smallest absolute Gasteiger partial charge is 0.328 e. The van der Waals surface area contributed by atoms with Crippen LogP contribution < -0.4 is 16.4 Å². The van der Waals surface area contributed by atoms with Gasteiger partial charge in [0.15, 0.2) is 0 Å². The number of aliphatic hydroxyl groups is 1. The summed E-state index contributed by atoms with van der Waals surface area (Å²) in [7, 11) is 0. The van der Waals surface area contributed by atoms with Crippen molar-refractivity contribution in [3.05, 3.63) is 18.2 Å². The number of carboxylic acid groups (broad SMARTS) is 1. The number of aromatic nitrogens is 2. The quantitative estimate of drug-likeness (QED) is 0.230. The van der Waals surface area contributed by atoms with Crippen LogP contribution in [0.15, 0.2) is 12.5 Å². The van der Waals surface area contributed by atoms with E-state index < -0.39 is 48.6 Å². The van der Waals surface area contributed by atoms with Crippen LogP contribution in [0.3, 0.4) is 0 Å². The van der Waals surface area contributed by atoms with Crippen molar-refractivity contribution >= 4 is 23.7 Å². The van der Waals surface area contributed by atoms with Gasteiger partial charge in [-0.25, -0.2) is 9.78 Å². The average Bonchev–Trinajstić information content (AvgIpc) is 3.42. The van der Waals surface area contributed by atoms with Crippen LogP contribution in [-0.2, 0) is 25.6 Å². The molecular weight excluding hydrogens is 420 g/mol. The molecule has 1 aromatic heterocycles. The van der Waals surface area contributed by atoms with E-state index in [1.54, 1.807) is 6.20 Å². The fourth-order valence-electron chi connectivity index (χ4n) is 3.67. The van der Waals surface area contributed by atoms with Crippen LogP contribution in [0.25, 0.3) is 0 Å². The second-order valence-corrected chi connectivity index (χ2v) is 8.35. The van der Waals surface area contributed by atoms with E-state index in [4.69, 9.17) is 15.9 Å². The molecule has 1 saturated heterocycles. The molecule has 0 bridgehead atoms. The predicted octanol–water partition coefficient (Wildman–Crippen LogP) is -1.64. The number of nitrogens with two attached hydrogens (primary N) is 1. The maximum Gasteiger partial charge on any atom is 0.328 e. The molecule has 0 aromatic carbocycles. The number of hydrogen-bond acceptors (Lipinski definition) is 7. The number of carbonyl (C=O) groups excluding carboxylic acids is 3. The fraction of sp³-hybridized carbons (Fsp3) is 0.650. The molecule has 3 amide bonds. The topological polar surface area (TPSA) is 191 Å². The van der Waals surface area contributed by atoms with Gasteiger partial charge >= 0.3 is 5.97 Å². The third-order valence-corrected chi connectivity index (χ3v) is 5.29. The second kappa shape index (κ2) is 11.6. The molecule has 12 nitrogen and oxygen atoms in total. The van der Waals surface area contributed by atoms with Crippen molar-refractivity contribution in [2.45, 2.75) is 63.7 Å². The van der Waals surface area contributed by atoms with Crippen LogP contribution in [0.4, 0.5) is 0 Å². The molecule has 1 aromatic rings. The van der Waals surface area contributed by atoms with Gasteiger partial charge in [-0.15, -0.1) is 0 Å².